The van der Waals surface area contributed by atoms with Crippen LogP contribution in [0.15, 0.2) is 48.5 Å². The zero-order valence-corrected chi connectivity index (χ0v) is 20.7. The highest BCUT2D eigenvalue weighted by atomic mass is 16.7. The molecule has 0 saturated carbocycles. The highest BCUT2D eigenvalue weighted by molar-refractivity contribution is 6.21. The smallest absolute Gasteiger partial charge is 0.261 e. The molecular formula is C30H26N2O6. The summed E-state index contributed by atoms with van der Waals surface area (Å²) in [5.74, 6) is 2.82. The molecule has 8 nitrogen and oxygen atoms in total. The third kappa shape index (κ3) is 3.33. The molecule has 3 aromatic carbocycles. The zero-order valence-electron chi connectivity index (χ0n) is 20.7. The van der Waals surface area contributed by atoms with Crippen LogP contribution in [0.3, 0.4) is 0 Å². The molecule has 0 aromatic heterocycles. The molecule has 2 bridgehead atoms. The molecule has 3 unspecified atom stereocenters. The number of fused-ring (bicyclic) bond motifs is 9. The van der Waals surface area contributed by atoms with E-state index in [1.807, 2.05) is 0 Å². The molecule has 8 heteroatoms. The molecule has 0 fully saturated rings. The van der Waals surface area contributed by atoms with E-state index < -0.39 is 0 Å². The van der Waals surface area contributed by atoms with Crippen LogP contribution in [0.2, 0.25) is 0 Å². The molecule has 0 radical (unpaired) electrons. The number of amides is 2. The first-order valence-electron chi connectivity index (χ1n) is 13.3. The van der Waals surface area contributed by atoms with Crippen molar-refractivity contribution in [2.24, 2.45) is 0 Å². The second-order valence-electron chi connectivity index (χ2n) is 10.6. The summed E-state index contributed by atoms with van der Waals surface area (Å²) in [4.78, 5) is 26.5. The lowest BCUT2D eigenvalue weighted by Gasteiger charge is -2.39. The predicted molar refractivity (Wildman–Crippen MR) is 136 cm³/mol. The summed E-state index contributed by atoms with van der Waals surface area (Å²) in [5, 5.41) is 3.79. The fraction of sp³-hybridized carbons (Fsp3) is 0.333. The monoisotopic (exact) mass is 510 g/mol. The maximum absolute atomic E-state index is 12.6. The molecule has 5 aliphatic rings. The van der Waals surface area contributed by atoms with Crippen molar-refractivity contribution in [1.29, 1.82) is 0 Å². The Hall–Kier alpha value is -4.04. The number of hydrogen-bond donors (Lipinski definition) is 1. The molecule has 8 rings (SSSR count). The number of carbonyl (C=O) groups is 2. The molecule has 0 spiro atoms. The van der Waals surface area contributed by atoms with E-state index in [9.17, 15) is 9.59 Å². The van der Waals surface area contributed by atoms with E-state index >= 15 is 0 Å². The number of nitrogens with zero attached hydrogens (tertiary/aromatic N) is 1. The van der Waals surface area contributed by atoms with Gasteiger partial charge in [0.05, 0.1) is 11.1 Å². The quantitative estimate of drug-likeness (QED) is 0.401. The molecule has 0 aliphatic carbocycles. The molecule has 0 saturated heterocycles. The summed E-state index contributed by atoms with van der Waals surface area (Å²) in [6.07, 6.45) is 3.56. The van der Waals surface area contributed by atoms with Crippen LogP contribution in [-0.4, -0.2) is 36.3 Å². The van der Waals surface area contributed by atoms with Crippen molar-refractivity contribution in [1.82, 2.24) is 10.2 Å². The Bertz CT molecular complexity index is 1480. The number of ether oxygens (including phenoxy) is 4. The van der Waals surface area contributed by atoms with Gasteiger partial charge in [0.1, 0.15) is 0 Å². The number of imide groups is 1. The number of hydrogen-bond acceptors (Lipinski definition) is 7. The average Bonchev–Trinajstić information content (AvgIpc) is 3.61. The van der Waals surface area contributed by atoms with Crippen molar-refractivity contribution in [3.63, 3.8) is 0 Å². The summed E-state index contributed by atoms with van der Waals surface area (Å²) in [6, 6.07) is 16.0. The topological polar surface area (TPSA) is 86.3 Å². The lowest BCUT2D eigenvalue weighted by atomic mass is 9.78. The van der Waals surface area contributed by atoms with Crippen LogP contribution < -0.4 is 24.3 Å². The van der Waals surface area contributed by atoms with Gasteiger partial charge in [-0.15, -0.1) is 0 Å². The van der Waals surface area contributed by atoms with Gasteiger partial charge in [0.15, 0.2) is 23.0 Å². The Kier molecular flexibility index (Phi) is 4.76. The van der Waals surface area contributed by atoms with E-state index in [2.05, 4.69) is 29.6 Å². The third-order valence-electron chi connectivity index (χ3n) is 8.31. The summed E-state index contributed by atoms with van der Waals surface area (Å²) < 4.78 is 23.6. The number of nitrogens with one attached hydrogen (secondary N) is 1. The standard InChI is InChI=1S/C30H26N2O6/c33-29-18-5-1-2-6-19(18)30(34)32(29)8-4-3-7-28-37-26-12-17-10-22-20-13-25-24(35-15-36-25)11-16(20)9-23(31-22)21(17)14-27(26)38-28/h1-2,5-6,11-14,22-23,28,31H,3-4,7-10,15H2. The lowest BCUT2D eigenvalue weighted by molar-refractivity contribution is 0.0389. The van der Waals surface area contributed by atoms with Crippen molar-refractivity contribution in [2.45, 2.75) is 50.5 Å². The molecule has 3 aromatic rings. The Balaban J connectivity index is 0.918. The van der Waals surface area contributed by atoms with Crippen molar-refractivity contribution in [3.8, 4) is 23.0 Å². The zero-order chi connectivity index (χ0) is 25.4. The lowest BCUT2D eigenvalue weighted by Crippen LogP contribution is -2.38. The first kappa shape index (κ1) is 22.0. The van der Waals surface area contributed by atoms with E-state index in [4.69, 9.17) is 18.9 Å². The van der Waals surface area contributed by atoms with Crippen LogP contribution >= 0.6 is 0 Å². The van der Waals surface area contributed by atoms with Crippen molar-refractivity contribution >= 4 is 11.8 Å². The van der Waals surface area contributed by atoms with Crippen LogP contribution in [-0.2, 0) is 12.8 Å². The highest BCUT2D eigenvalue weighted by Crippen LogP contribution is 2.48. The van der Waals surface area contributed by atoms with Gasteiger partial charge in [-0.1, -0.05) is 12.1 Å². The van der Waals surface area contributed by atoms with Gasteiger partial charge in [0.2, 0.25) is 13.1 Å². The van der Waals surface area contributed by atoms with Crippen molar-refractivity contribution in [2.75, 3.05) is 13.3 Å². The normalized spacial score (nSPS) is 23.4. The van der Waals surface area contributed by atoms with Crippen LogP contribution in [0, 0.1) is 0 Å². The summed E-state index contributed by atoms with van der Waals surface area (Å²) in [6.45, 7) is 0.681. The minimum absolute atomic E-state index is 0.206. The Morgan fingerprint density at radius 2 is 1.34 bits per heavy atom. The van der Waals surface area contributed by atoms with E-state index in [-0.39, 0.29) is 37.0 Å². The molecule has 1 N–H and O–H groups in total. The van der Waals surface area contributed by atoms with Gasteiger partial charge in [0.25, 0.3) is 11.8 Å². The van der Waals surface area contributed by atoms with Gasteiger partial charge in [-0.25, -0.2) is 0 Å². The van der Waals surface area contributed by atoms with Crippen LogP contribution in [0.1, 0.15) is 74.3 Å². The van der Waals surface area contributed by atoms with E-state index in [1.54, 1.807) is 24.3 Å². The van der Waals surface area contributed by atoms with Crippen molar-refractivity contribution in [3.05, 3.63) is 81.9 Å². The van der Waals surface area contributed by atoms with Gasteiger partial charge >= 0.3 is 0 Å². The molecule has 3 atom stereocenters. The Morgan fingerprint density at radius 3 is 2.03 bits per heavy atom. The molecule has 192 valence electrons. The van der Waals surface area contributed by atoms with Gasteiger partial charge < -0.3 is 24.3 Å². The SMILES string of the molecule is O=C1c2ccccc2C(=O)N1CCCCC1Oc2cc3c(cc2O1)C1Cc2cc4c(cc2C(C3)N1)OCO4. The summed E-state index contributed by atoms with van der Waals surface area (Å²) in [5.41, 5.74) is 6.13. The van der Waals surface area contributed by atoms with E-state index in [0.29, 0.717) is 30.5 Å². The second kappa shape index (κ2) is 8.23. The number of unbranched alkanes of at least 4 members (excludes halogenated alkanes) is 1. The van der Waals surface area contributed by atoms with Gasteiger partial charge in [-0.05, 0) is 84.3 Å². The molecular weight excluding hydrogens is 484 g/mol. The predicted octanol–water partition coefficient (Wildman–Crippen LogP) is 4.46. The molecule has 38 heavy (non-hydrogen) atoms. The minimum atomic E-state index is -0.363. The van der Waals surface area contributed by atoms with Crippen LogP contribution in [0.4, 0.5) is 0 Å². The fourth-order valence-electron chi connectivity index (χ4n) is 6.45. The fourth-order valence-corrected chi connectivity index (χ4v) is 6.45. The second-order valence-corrected chi connectivity index (χ2v) is 10.6. The summed E-state index contributed by atoms with van der Waals surface area (Å²) >= 11 is 0. The van der Waals surface area contributed by atoms with Crippen LogP contribution in [0.5, 0.6) is 23.0 Å². The summed E-state index contributed by atoms with van der Waals surface area (Å²) in [7, 11) is 0. The maximum Gasteiger partial charge on any atom is 0.261 e. The molecule has 2 amide bonds. The maximum atomic E-state index is 12.6. The highest BCUT2D eigenvalue weighted by Gasteiger charge is 2.38. The first-order valence-corrected chi connectivity index (χ1v) is 13.3. The Labute approximate surface area is 219 Å². The van der Waals surface area contributed by atoms with Gasteiger partial charge in [0, 0.05) is 25.0 Å². The van der Waals surface area contributed by atoms with E-state index in [1.165, 1.54) is 27.2 Å². The van der Waals surface area contributed by atoms with Crippen molar-refractivity contribution < 1.29 is 28.5 Å². The number of benzene rings is 3. The van der Waals surface area contributed by atoms with Crippen LogP contribution in [0.25, 0.3) is 0 Å². The molecule has 5 heterocycles. The largest absolute Gasteiger partial charge is 0.454 e. The minimum Gasteiger partial charge on any atom is -0.454 e. The molecule has 5 aliphatic heterocycles. The number of carbonyl (C=O) groups excluding carboxylic acids is 2. The van der Waals surface area contributed by atoms with E-state index in [0.717, 1.165) is 42.3 Å². The number of rotatable bonds is 5. The van der Waals surface area contributed by atoms with Gasteiger partial charge in [-0.3, -0.25) is 14.5 Å². The van der Waals surface area contributed by atoms with Gasteiger partial charge in [-0.2, -0.15) is 0 Å². The third-order valence-corrected chi connectivity index (χ3v) is 8.31. The average molecular weight is 511 g/mol. The Morgan fingerprint density at radius 1 is 0.763 bits per heavy atom. The first-order chi connectivity index (χ1) is 18.6.